The second-order valence-corrected chi connectivity index (χ2v) is 10.7. The van der Waals surface area contributed by atoms with Crippen molar-refractivity contribution in [1.29, 1.82) is 5.41 Å². The smallest absolute Gasteiger partial charge is 0.373 e. The molecule has 1 aliphatic heterocycles. The van der Waals surface area contributed by atoms with Gasteiger partial charge in [0.05, 0.1) is 23.7 Å². The number of fused-ring (bicyclic) bond motifs is 2. The summed E-state index contributed by atoms with van der Waals surface area (Å²) in [5.74, 6) is -2.14. The summed E-state index contributed by atoms with van der Waals surface area (Å²) in [6.07, 6.45) is 0. The molecule has 198 valence electrons. The van der Waals surface area contributed by atoms with Crippen LogP contribution < -0.4 is 11.1 Å². The molecule has 0 spiro atoms. The van der Waals surface area contributed by atoms with Gasteiger partial charge in [0.1, 0.15) is 0 Å². The number of hydrogen-bond acceptors (Lipinski definition) is 11. The number of benzene rings is 3. The van der Waals surface area contributed by atoms with E-state index in [1.165, 1.54) is 37.3 Å². The zero-order valence-electron chi connectivity index (χ0n) is 19.5. The van der Waals surface area contributed by atoms with Gasteiger partial charge in [-0.2, -0.15) is 21.7 Å². The monoisotopic (exact) mass is 562 g/mol. The standard InChI is InChI=1S/C23H18N2O11S2/c1-10(26)11-3-4-12(15(9-11)23(27)36-34-2)18-13-5-7-16(24)21(37(28,29)30)19(13)35-20-14(18)6-8-17(25)22(20)38(31,32)33/h3-9,24H,25H2,1-2H3,(H,28,29,30)(H,31,32,33). The van der Waals surface area contributed by atoms with E-state index in [1.807, 2.05) is 0 Å². The number of anilines is 1. The Hall–Kier alpha value is -4.15. The largest absolute Gasteiger partial charge is 0.453 e. The summed E-state index contributed by atoms with van der Waals surface area (Å²) in [6, 6.07) is 8.58. The predicted molar refractivity (Wildman–Crippen MR) is 131 cm³/mol. The van der Waals surface area contributed by atoms with E-state index in [2.05, 4.69) is 9.78 Å². The van der Waals surface area contributed by atoms with E-state index in [9.17, 15) is 35.5 Å². The Kier molecular flexibility index (Phi) is 6.59. The van der Waals surface area contributed by atoms with E-state index in [4.69, 9.17) is 15.6 Å². The highest BCUT2D eigenvalue weighted by Crippen LogP contribution is 2.45. The lowest BCUT2D eigenvalue weighted by atomic mass is 9.89. The van der Waals surface area contributed by atoms with Crippen molar-refractivity contribution >= 4 is 48.6 Å². The average Bonchev–Trinajstić information content (AvgIpc) is 2.80. The van der Waals surface area contributed by atoms with Crippen molar-refractivity contribution in [2.45, 2.75) is 16.7 Å². The Morgan fingerprint density at radius 1 is 0.947 bits per heavy atom. The van der Waals surface area contributed by atoms with Crippen molar-refractivity contribution in [2.24, 2.45) is 0 Å². The van der Waals surface area contributed by atoms with Gasteiger partial charge in [0.2, 0.25) is 0 Å². The van der Waals surface area contributed by atoms with Crippen LogP contribution in [-0.4, -0.2) is 44.8 Å². The normalized spacial score (nSPS) is 12.1. The topological polar surface area (TPSA) is 224 Å². The Morgan fingerprint density at radius 2 is 1.58 bits per heavy atom. The number of carbonyl (C=O) groups excluding carboxylic acids is 2. The molecule has 2 aliphatic rings. The molecular formula is C23H18N2O11S2. The highest BCUT2D eigenvalue weighted by atomic mass is 32.2. The maximum atomic E-state index is 12.8. The van der Waals surface area contributed by atoms with Crippen LogP contribution in [0.3, 0.4) is 0 Å². The fourth-order valence-corrected chi connectivity index (χ4v) is 5.55. The fraction of sp³-hybridized carbons (Fsp3) is 0.0870. The Labute approximate surface area is 214 Å². The van der Waals surface area contributed by atoms with Gasteiger partial charge in [-0.1, -0.05) is 12.1 Å². The number of Topliss-reactive ketones (excluding diaryl/α,β-unsaturated/α-hetero) is 1. The molecule has 0 atom stereocenters. The predicted octanol–water partition coefficient (Wildman–Crippen LogP) is 2.68. The number of nitrogen functional groups attached to an aromatic ring is 1. The molecule has 2 aromatic carbocycles. The Bertz CT molecular complexity index is 1910. The minimum Gasteiger partial charge on any atom is -0.453 e. The van der Waals surface area contributed by atoms with Crippen molar-refractivity contribution in [3.05, 3.63) is 58.9 Å². The van der Waals surface area contributed by atoms with Gasteiger partial charge in [0, 0.05) is 22.1 Å². The molecule has 0 amide bonds. The molecule has 0 saturated carbocycles. The van der Waals surface area contributed by atoms with Crippen LogP contribution in [0.4, 0.5) is 5.69 Å². The maximum absolute atomic E-state index is 12.8. The molecule has 0 unspecified atom stereocenters. The van der Waals surface area contributed by atoms with Gasteiger partial charge in [-0.25, -0.2) is 4.79 Å². The molecule has 0 fully saturated rings. The second kappa shape index (κ2) is 9.30. The molecule has 0 saturated heterocycles. The Morgan fingerprint density at radius 3 is 2.16 bits per heavy atom. The molecule has 15 heteroatoms. The molecule has 1 aliphatic carbocycles. The zero-order valence-corrected chi connectivity index (χ0v) is 21.1. The van der Waals surface area contributed by atoms with Crippen molar-refractivity contribution in [2.75, 3.05) is 12.8 Å². The van der Waals surface area contributed by atoms with Gasteiger partial charge < -0.3 is 10.2 Å². The van der Waals surface area contributed by atoms with Crippen LogP contribution in [0.25, 0.3) is 33.4 Å². The van der Waals surface area contributed by atoms with Crippen LogP contribution in [0.5, 0.6) is 0 Å². The van der Waals surface area contributed by atoms with Crippen LogP contribution in [0, 0.1) is 5.41 Å². The van der Waals surface area contributed by atoms with Gasteiger partial charge in [-0.3, -0.25) is 24.2 Å². The fourth-order valence-electron chi connectivity index (χ4n) is 4.07. The number of hydrogen-bond donors (Lipinski definition) is 4. The lowest BCUT2D eigenvalue weighted by molar-refractivity contribution is -0.216. The third kappa shape index (κ3) is 4.52. The molecule has 4 rings (SSSR count). The number of nitrogens with one attached hydrogen (secondary N) is 1. The lowest BCUT2D eigenvalue weighted by Gasteiger charge is -2.20. The van der Waals surface area contributed by atoms with E-state index in [0.29, 0.717) is 0 Å². The summed E-state index contributed by atoms with van der Waals surface area (Å²) in [6.45, 7) is 1.25. The molecule has 0 radical (unpaired) electrons. The highest BCUT2D eigenvalue weighted by molar-refractivity contribution is 7.86. The third-order valence-corrected chi connectivity index (χ3v) is 7.45. The number of rotatable bonds is 6. The molecule has 13 nitrogen and oxygen atoms in total. The van der Waals surface area contributed by atoms with E-state index < -0.39 is 64.2 Å². The first-order valence-corrected chi connectivity index (χ1v) is 13.3. The summed E-state index contributed by atoms with van der Waals surface area (Å²) in [7, 11) is -9.13. The SMILES string of the molecule is COOC(=O)c1cc(C(C)=O)ccc1-c1c2ccc(=N)c(S(=O)(=O)O)c-2oc2c(S(=O)(=O)O)c(N)ccc12. The van der Waals surface area contributed by atoms with Crippen molar-refractivity contribution in [1.82, 2.24) is 0 Å². The van der Waals surface area contributed by atoms with Gasteiger partial charge in [0.25, 0.3) is 20.2 Å². The van der Waals surface area contributed by atoms with E-state index in [-0.39, 0.29) is 33.2 Å². The van der Waals surface area contributed by atoms with E-state index in [0.717, 1.165) is 19.2 Å². The summed E-state index contributed by atoms with van der Waals surface area (Å²) >= 11 is 0. The van der Waals surface area contributed by atoms with Crippen LogP contribution in [0.15, 0.2) is 56.7 Å². The summed E-state index contributed by atoms with van der Waals surface area (Å²) in [4.78, 5) is 32.0. The first kappa shape index (κ1) is 26.9. The van der Waals surface area contributed by atoms with Crippen LogP contribution in [-0.2, 0) is 30.0 Å². The quantitative estimate of drug-likeness (QED) is 0.0664. The van der Waals surface area contributed by atoms with E-state index >= 15 is 0 Å². The Balaban J connectivity index is 2.34. The number of carbonyl (C=O) groups is 2. The molecule has 5 N–H and O–H groups in total. The van der Waals surface area contributed by atoms with E-state index in [1.54, 1.807) is 0 Å². The number of ketones is 1. The van der Waals surface area contributed by atoms with Crippen LogP contribution in [0.2, 0.25) is 0 Å². The zero-order chi connectivity index (χ0) is 28.2. The van der Waals surface area contributed by atoms with Crippen LogP contribution >= 0.6 is 0 Å². The van der Waals surface area contributed by atoms with Crippen molar-refractivity contribution < 1.29 is 49.7 Å². The minimum atomic E-state index is -5.12. The molecule has 2 aromatic rings. The molecule has 0 bridgehead atoms. The summed E-state index contributed by atoms with van der Waals surface area (Å²) < 4.78 is 74.4. The molecule has 0 aromatic heterocycles. The lowest BCUT2D eigenvalue weighted by Crippen LogP contribution is -2.17. The van der Waals surface area contributed by atoms with Gasteiger partial charge in [-0.05, 0) is 42.8 Å². The maximum Gasteiger partial charge on any atom is 0.373 e. The first-order chi connectivity index (χ1) is 17.7. The second-order valence-electron chi connectivity index (χ2n) is 7.96. The van der Waals surface area contributed by atoms with Crippen molar-refractivity contribution in [3.8, 4) is 22.5 Å². The molecular weight excluding hydrogens is 544 g/mol. The minimum absolute atomic E-state index is 0.00655. The molecule has 1 heterocycles. The summed E-state index contributed by atoms with van der Waals surface area (Å²) in [5.41, 5.74) is 4.42. The average molecular weight is 563 g/mol. The third-order valence-electron chi connectivity index (χ3n) is 5.59. The number of nitrogens with two attached hydrogens (primary N) is 1. The first-order valence-electron chi connectivity index (χ1n) is 10.4. The van der Waals surface area contributed by atoms with Crippen LogP contribution in [0.1, 0.15) is 27.6 Å². The summed E-state index contributed by atoms with van der Waals surface area (Å²) in [5, 5.41) is 7.27. The van der Waals surface area contributed by atoms with Crippen molar-refractivity contribution in [3.63, 3.8) is 0 Å². The van der Waals surface area contributed by atoms with Gasteiger partial charge in [0.15, 0.2) is 26.9 Å². The van der Waals surface area contributed by atoms with Gasteiger partial charge >= 0.3 is 5.97 Å². The van der Waals surface area contributed by atoms with Gasteiger partial charge in [-0.15, -0.1) is 0 Å². The highest BCUT2D eigenvalue weighted by Gasteiger charge is 2.32. The molecule has 38 heavy (non-hydrogen) atoms.